The highest BCUT2D eigenvalue weighted by Crippen LogP contribution is 2.26. The Labute approximate surface area is 107 Å². The largest absolute Gasteiger partial charge is 0.371 e. The molecule has 1 heterocycles. The molecule has 0 aliphatic carbocycles. The number of benzene rings is 1. The van der Waals surface area contributed by atoms with E-state index in [1.54, 1.807) is 12.1 Å². The number of nitrogens with zero attached hydrogens (tertiary/aromatic N) is 1. The summed E-state index contributed by atoms with van der Waals surface area (Å²) < 4.78 is 13.1. The van der Waals surface area contributed by atoms with Gasteiger partial charge in [0.25, 0.3) is 0 Å². The zero-order chi connectivity index (χ0) is 12.4. The first-order valence-electron chi connectivity index (χ1n) is 5.99. The number of hydrogen-bond acceptors (Lipinski definition) is 2. The Hall–Kier alpha value is -0.800. The molecule has 94 valence electrons. The fourth-order valence-corrected chi connectivity index (χ4v) is 2.67. The monoisotopic (exact) mass is 256 g/mol. The van der Waals surface area contributed by atoms with Gasteiger partial charge in [-0.3, -0.25) is 0 Å². The van der Waals surface area contributed by atoms with Crippen LogP contribution in [0.15, 0.2) is 18.2 Å². The number of piperidine rings is 1. The topological polar surface area (TPSA) is 15.3 Å². The summed E-state index contributed by atoms with van der Waals surface area (Å²) in [6.07, 6.45) is 1.10. The first kappa shape index (κ1) is 12.7. The Kier molecular flexibility index (Phi) is 3.89. The lowest BCUT2D eigenvalue weighted by Crippen LogP contribution is -2.47. The summed E-state index contributed by atoms with van der Waals surface area (Å²) in [4.78, 5) is 2.27. The molecule has 0 radical (unpaired) electrons. The maximum atomic E-state index is 13.1. The minimum atomic E-state index is -0.353. The van der Waals surface area contributed by atoms with Crippen LogP contribution >= 0.6 is 11.6 Å². The summed E-state index contributed by atoms with van der Waals surface area (Å²) in [5.41, 5.74) is 1.01. The van der Waals surface area contributed by atoms with Crippen molar-refractivity contribution in [2.75, 3.05) is 25.0 Å². The molecule has 0 aromatic heterocycles. The van der Waals surface area contributed by atoms with Gasteiger partial charge in [-0.1, -0.05) is 18.5 Å². The zero-order valence-electron chi connectivity index (χ0n) is 10.2. The van der Waals surface area contributed by atoms with Gasteiger partial charge in [-0.15, -0.1) is 0 Å². The SMILES string of the molecule is CNC1CCN(c2ccc(F)c(Cl)c2)CC1C. The second-order valence-electron chi connectivity index (χ2n) is 4.71. The van der Waals surface area contributed by atoms with Crippen molar-refractivity contribution in [1.82, 2.24) is 5.32 Å². The van der Waals surface area contributed by atoms with E-state index < -0.39 is 0 Å². The molecular formula is C13H18ClFN2. The summed E-state index contributed by atoms with van der Waals surface area (Å²) >= 11 is 5.81. The summed E-state index contributed by atoms with van der Waals surface area (Å²) in [5, 5.41) is 3.53. The highest BCUT2D eigenvalue weighted by molar-refractivity contribution is 6.31. The van der Waals surface area contributed by atoms with Crippen LogP contribution in [0.4, 0.5) is 10.1 Å². The summed E-state index contributed by atoms with van der Waals surface area (Å²) in [6.45, 7) is 4.20. The molecule has 17 heavy (non-hydrogen) atoms. The van der Waals surface area contributed by atoms with Gasteiger partial charge in [0.05, 0.1) is 5.02 Å². The van der Waals surface area contributed by atoms with Gasteiger partial charge in [0.2, 0.25) is 0 Å². The molecule has 2 atom stereocenters. The van der Waals surface area contributed by atoms with Gasteiger partial charge in [0.15, 0.2) is 0 Å². The number of rotatable bonds is 2. The first-order valence-corrected chi connectivity index (χ1v) is 6.37. The van der Waals surface area contributed by atoms with Gasteiger partial charge < -0.3 is 10.2 Å². The predicted molar refractivity (Wildman–Crippen MR) is 70.3 cm³/mol. The average Bonchev–Trinajstić information content (AvgIpc) is 2.32. The van der Waals surface area contributed by atoms with Gasteiger partial charge >= 0.3 is 0 Å². The van der Waals surface area contributed by atoms with Crippen LogP contribution in [-0.4, -0.2) is 26.2 Å². The number of anilines is 1. The van der Waals surface area contributed by atoms with E-state index in [2.05, 4.69) is 17.1 Å². The van der Waals surface area contributed by atoms with E-state index in [0.717, 1.165) is 25.2 Å². The molecule has 0 spiro atoms. The molecule has 1 aromatic rings. The molecule has 2 rings (SSSR count). The van der Waals surface area contributed by atoms with Crippen LogP contribution in [0.5, 0.6) is 0 Å². The summed E-state index contributed by atoms with van der Waals surface area (Å²) in [7, 11) is 2.01. The fraction of sp³-hybridized carbons (Fsp3) is 0.538. The number of hydrogen-bond donors (Lipinski definition) is 1. The van der Waals surface area contributed by atoms with Gasteiger partial charge in [-0.25, -0.2) is 4.39 Å². The van der Waals surface area contributed by atoms with Gasteiger partial charge in [-0.2, -0.15) is 0 Å². The normalized spacial score (nSPS) is 25.1. The van der Waals surface area contributed by atoms with Crippen molar-refractivity contribution >= 4 is 17.3 Å². The van der Waals surface area contributed by atoms with Crippen molar-refractivity contribution in [2.24, 2.45) is 5.92 Å². The highest BCUT2D eigenvalue weighted by Gasteiger charge is 2.25. The minimum Gasteiger partial charge on any atom is -0.371 e. The zero-order valence-corrected chi connectivity index (χ0v) is 11.0. The Morgan fingerprint density at radius 1 is 1.47 bits per heavy atom. The van der Waals surface area contributed by atoms with Gasteiger partial charge in [0.1, 0.15) is 5.82 Å². The number of halogens is 2. The molecule has 2 unspecified atom stereocenters. The molecule has 1 saturated heterocycles. The maximum Gasteiger partial charge on any atom is 0.141 e. The molecule has 1 N–H and O–H groups in total. The second kappa shape index (κ2) is 5.23. The van der Waals surface area contributed by atoms with Crippen LogP contribution in [0, 0.1) is 11.7 Å². The minimum absolute atomic E-state index is 0.200. The Morgan fingerprint density at radius 3 is 2.82 bits per heavy atom. The van der Waals surface area contributed by atoms with Crippen LogP contribution in [0.25, 0.3) is 0 Å². The van der Waals surface area contributed by atoms with E-state index in [1.807, 2.05) is 7.05 Å². The maximum absolute atomic E-state index is 13.1. The van der Waals surface area contributed by atoms with Crippen molar-refractivity contribution in [3.05, 3.63) is 29.0 Å². The highest BCUT2D eigenvalue weighted by atomic mass is 35.5. The molecule has 1 aliphatic rings. The van der Waals surface area contributed by atoms with E-state index in [4.69, 9.17) is 11.6 Å². The van der Waals surface area contributed by atoms with Crippen molar-refractivity contribution in [2.45, 2.75) is 19.4 Å². The summed E-state index contributed by atoms with van der Waals surface area (Å²) in [5.74, 6) is 0.228. The van der Waals surface area contributed by atoms with Crippen LogP contribution in [0.1, 0.15) is 13.3 Å². The standard InChI is InChI=1S/C13H18ClFN2/c1-9-8-17(6-5-13(9)16-2)10-3-4-12(15)11(14)7-10/h3-4,7,9,13,16H,5-6,8H2,1-2H3. The van der Waals surface area contributed by atoms with E-state index in [9.17, 15) is 4.39 Å². The van der Waals surface area contributed by atoms with Crippen molar-refractivity contribution in [3.63, 3.8) is 0 Å². The third-order valence-electron chi connectivity index (χ3n) is 3.54. The van der Waals surface area contributed by atoms with Crippen LogP contribution < -0.4 is 10.2 Å². The van der Waals surface area contributed by atoms with E-state index in [-0.39, 0.29) is 10.8 Å². The van der Waals surface area contributed by atoms with Crippen LogP contribution in [0.2, 0.25) is 5.02 Å². The predicted octanol–water partition coefficient (Wildman–Crippen LogP) is 2.91. The summed E-state index contributed by atoms with van der Waals surface area (Å²) in [6, 6.07) is 5.52. The van der Waals surface area contributed by atoms with E-state index >= 15 is 0 Å². The average molecular weight is 257 g/mol. The Bertz CT molecular complexity index is 397. The van der Waals surface area contributed by atoms with Gasteiger partial charge in [0, 0.05) is 24.8 Å². The third kappa shape index (κ3) is 2.72. The molecule has 2 nitrogen and oxygen atoms in total. The molecule has 0 saturated carbocycles. The lowest BCUT2D eigenvalue weighted by Gasteiger charge is -2.38. The van der Waals surface area contributed by atoms with Crippen LogP contribution in [-0.2, 0) is 0 Å². The Morgan fingerprint density at radius 2 is 2.24 bits per heavy atom. The molecular weight excluding hydrogens is 239 g/mol. The fourth-order valence-electron chi connectivity index (χ4n) is 2.49. The van der Waals surface area contributed by atoms with Crippen molar-refractivity contribution in [1.29, 1.82) is 0 Å². The van der Waals surface area contributed by atoms with E-state index in [0.29, 0.717) is 12.0 Å². The van der Waals surface area contributed by atoms with Gasteiger partial charge in [-0.05, 0) is 37.6 Å². The lowest BCUT2D eigenvalue weighted by molar-refractivity contribution is 0.339. The molecule has 4 heteroatoms. The molecule has 1 aliphatic heterocycles. The lowest BCUT2D eigenvalue weighted by atomic mass is 9.93. The van der Waals surface area contributed by atoms with Crippen molar-refractivity contribution in [3.8, 4) is 0 Å². The molecule has 0 bridgehead atoms. The molecule has 1 fully saturated rings. The number of nitrogens with one attached hydrogen (secondary N) is 1. The van der Waals surface area contributed by atoms with E-state index in [1.165, 1.54) is 6.07 Å². The third-order valence-corrected chi connectivity index (χ3v) is 3.83. The first-order chi connectivity index (χ1) is 8.11. The Balaban J connectivity index is 2.11. The molecule has 1 aromatic carbocycles. The van der Waals surface area contributed by atoms with Crippen molar-refractivity contribution < 1.29 is 4.39 Å². The quantitative estimate of drug-likeness (QED) is 0.875. The molecule has 0 amide bonds. The van der Waals surface area contributed by atoms with Crippen LogP contribution in [0.3, 0.4) is 0 Å². The second-order valence-corrected chi connectivity index (χ2v) is 5.11. The smallest absolute Gasteiger partial charge is 0.141 e.